The Kier molecular flexibility index (Phi) is 4.14. The summed E-state index contributed by atoms with van der Waals surface area (Å²) in [4.78, 5) is 20.2. The van der Waals surface area contributed by atoms with Crippen molar-refractivity contribution >= 4 is 17.6 Å². The molecule has 1 aromatic rings. The number of carbonyl (C=O) groups excluding carboxylic acids is 1. The second-order valence-electron chi connectivity index (χ2n) is 4.47. The zero-order valence-electron chi connectivity index (χ0n) is 10.4. The predicted octanol–water partition coefficient (Wildman–Crippen LogP) is 2.20. The first-order chi connectivity index (χ1) is 8.58. The fraction of sp³-hybridized carbons (Fsp3) is 0.583. The van der Waals surface area contributed by atoms with E-state index in [-0.39, 0.29) is 22.7 Å². The van der Waals surface area contributed by atoms with Crippen LogP contribution in [-0.4, -0.2) is 35.3 Å². The van der Waals surface area contributed by atoms with Gasteiger partial charge >= 0.3 is 5.97 Å². The predicted molar refractivity (Wildman–Crippen MR) is 65.8 cm³/mol. The van der Waals surface area contributed by atoms with Crippen molar-refractivity contribution in [3.05, 3.63) is 22.7 Å². The Bertz CT molecular complexity index is 445. The molecule has 0 bridgehead atoms. The van der Waals surface area contributed by atoms with Gasteiger partial charge in [-0.25, -0.2) is 14.8 Å². The van der Waals surface area contributed by atoms with Gasteiger partial charge in [-0.15, -0.1) is 0 Å². The Morgan fingerprint density at radius 1 is 1.61 bits per heavy atom. The van der Waals surface area contributed by atoms with E-state index in [0.717, 1.165) is 0 Å². The highest BCUT2D eigenvalue weighted by atomic mass is 35.5. The molecule has 0 spiro atoms. The maximum atomic E-state index is 11.9. The Balaban J connectivity index is 2.15. The number of ether oxygens (including phenoxy) is 2. The summed E-state index contributed by atoms with van der Waals surface area (Å²) >= 11 is 5.92. The van der Waals surface area contributed by atoms with E-state index in [0.29, 0.717) is 25.5 Å². The van der Waals surface area contributed by atoms with E-state index in [9.17, 15) is 4.79 Å². The van der Waals surface area contributed by atoms with Crippen LogP contribution in [0.25, 0.3) is 0 Å². The van der Waals surface area contributed by atoms with E-state index in [1.807, 2.05) is 13.8 Å². The minimum Gasteiger partial charge on any atom is -0.455 e. The molecule has 0 amide bonds. The number of hydrogen-bond acceptors (Lipinski definition) is 5. The lowest BCUT2D eigenvalue weighted by molar-refractivity contribution is 0.0263. The molecule has 0 aromatic carbocycles. The average Bonchev–Trinajstić information content (AvgIpc) is 2.81. The van der Waals surface area contributed by atoms with Crippen LogP contribution in [0.5, 0.6) is 0 Å². The summed E-state index contributed by atoms with van der Waals surface area (Å²) in [5.41, 5.74) is 0.127. The number of hydrogen-bond donors (Lipinski definition) is 0. The first-order valence-electron chi connectivity index (χ1n) is 5.89. The molecule has 5 nitrogen and oxygen atoms in total. The van der Waals surface area contributed by atoms with E-state index in [1.54, 1.807) is 0 Å². The Morgan fingerprint density at radius 3 is 3.00 bits per heavy atom. The fourth-order valence-electron chi connectivity index (χ4n) is 1.62. The van der Waals surface area contributed by atoms with Crippen molar-refractivity contribution in [2.24, 2.45) is 0 Å². The van der Waals surface area contributed by atoms with E-state index < -0.39 is 5.97 Å². The molecule has 98 valence electrons. The normalized spacial score (nSPS) is 19.2. The molecule has 0 aliphatic carbocycles. The summed E-state index contributed by atoms with van der Waals surface area (Å²) in [6.07, 6.45) is 1.95. The van der Waals surface area contributed by atoms with Crippen LogP contribution in [-0.2, 0) is 9.47 Å². The minimum absolute atomic E-state index is 0.127. The Morgan fingerprint density at radius 2 is 2.39 bits per heavy atom. The highest BCUT2D eigenvalue weighted by Crippen LogP contribution is 2.19. The maximum absolute atomic E-state index is 11.9. The van der Waals surface area contributed by atoms with Crippen LogP contribution in [0.2, 0.25) is 5.02 Å². The molecule has 1 aliphatic heterocycles. The van der Waals surface area contributed by atoms with Crippen molar-refractivity contribution in [3.8, 4) is 0 Å². The van der Waals surface area contributed by atoms with Crippen LogP contribution in [0.1, 0.15) is 42.5 Å². The van der Waals surface area contributed by atoms with E-state index in [2.05, 4.69) is 9.97 Å². The number of nitrogens with zero attached hydrogens (tertiary/aromatic N) is 2. The van der Waals surface area contributed by atoms with Crippen LogP contribution in [0.15, 0.2) is 6.20 Å². The lowest BCUT2D eigenvalue weighted by Crippen LogP contribution is -2.20. The molecule has 1 fully saturated rings. The second kappa shape index (κ2) is 5.63. The van der Waals surface area contributed by atoms with Gasteiger partial charge in [0.05, 0.1) is 24.4 Å². The van der Waals surface area contributed by atoms with Gasteiger partial charge in [0.2, 0.25) is 0 Å². The van der Waals surface area contributed by atoms with Crippen LogP contribution >= 0.6 is 11.6 Å². The SMILES string of the molecule is CC(C)c1ncc(Cl)c(C(=O)OC2CCOC2)n1. The monoisotopic (exact) mass is 270 g/mol. The molecule has 2 heterocycles. The molecule has 0 N–H and O–H groups in total. The van der Waals surface area contributed by atoms with Gasteiger partial charge < -0.3 is 9.47 Å². The average molecular weight is 271 g/mol. The summed E-state index contributed by atoms with van der Waals surface area (Å²) in [5.74, 6) is 0.192. The molecular formula is C12H15ClN2O3. The molecule has 0 radical (unpaired) electrons. The molecule has 18 heavy (non-hydrogen) atoms. The zero-order valence-corrected chi connectivity index (χ0v) is 11.1. The van der Waals surface area contributed by atoms with Gasteiger partial charge in [0, 0.05) is 12.3 Å². The van der Waals surface area contributed by atoms with Gasteiger partial charge in [-0.3, -0.25) is 0 Å². The van der Waals surface area contributed by atoms with E-state index in [1.165, 1.54) is 6.20 Å². The van der Waals surface area contributed by atoms with Crippen molar-refractivity contribution in [3.63, 3.8) is 0 Å². The van der Waals surface area contributed by atoms with Crippen molar-refractivity contribution in [2.75, 3.05) is 13.2 Å². The van der Waals surface area contributed by atoms with Gasteiger partial charge in [-0.1, -0.05) is 25.4 Å². The van der Waals surface area contributed by atoms with Gasteiger partial charge in [0.1, 0.15) is 11.9 Å². The zero-order chi connectivity index (χ0) is 13.1. The molecule has 1 saturated heterocycles. The minimum atomic E-state index is -0.514. The molecule has 2 rings (SSSR count). The topological polar surface area (TPSA) is 61.3 Å². The van der Waals surface area contributed by atoms with Gasteiger partial charge in [-0.2, -0.15) is 0 Å². The summed E-state index contributed by atoms with van der Waals surface area (Å²) in [6.45, 7) is 4.95. The smallest absolute Gasteiger partial charge is 0.358 e. The molecule has 6 heteroatoms. The van der Waals surface area contributed by atoms with E-state index >= 15 is 0 Å². The van der Waals surface area contributed by atoms with Crippen LogP contribution in [0.3, 0.4) is 0 Å². The second-order valence-corrected chi connectivity index (χ2v) is 4.88. The molecule has 1 atom stereocenters. The maximum Gasteiger partial charge on any atom is 0.358 e. The summed E-state index contributed by atoms with van der Waals surface area (Å²) in [6, 6.07) is 0. The quantitative estimate of drug-likeness (QED) is 0.788. The summed E-state index contributed by atoms with van der Waals surface area (Å²) < 4.78 is 10.4. The van der Waals surface area contributed by atoms with Crippen molar-refractivity contribution in [1.29, 1.82) is 0 Å². The van der Waals surface area contributed by atoms with Crippen LogP contribution in [0, 0.1) is 0 Å². The van der Waals surface area contributed by atoms with Gasteiger partial charge in [-0.05, 0) is 0 Å². The van der Waals surface area contributed by atoms with Crippen LogP contribution < -0.4 is 0 Å². The van der Waals surface area contributed by atoms with Crippen LogP contribution in [0.4, 0.5) is 0 Å². The fourth-order valence-corrected chi connectivity index (χ4v) is 1.78. The third-order valence-corrected chi connectivity index (χ3v) is 2.91. The molecular weight excluding hydrogens is 256 g/mol. The number of esters is 1. The number of aromatic nitrogens is 2. The summed E-state index contributed by atoms with van der Waals surface area (Å²) in [7, 11) is 0. The molecule has 0 saturated carbocycles. The third-order valence-electron chi connectivity index (χ3n) is 2.63. The number of carbonyl (C=O) groups is 1. The number of halogens is 1. The lowest BCUT2D eigenvalue weighted by atomic mass is 10.2. The molecule has 1 unspecified atom stereocenters. The van der Waals surface area contributed by atoms with Crippen molar-refractivity contribution < 1.29 is 14.3 Å². The largest absolute Gasteiger partial charge is 0.455 e. The van der Waals surface area contributed by atoms with Crippen molar-refractivity contribution in [1.82, 2.24) is 9.97 Å². The summed E-state index contributed by atoms with van der Waals surface area (Å²) in [5, 5.41) is 0.211. The lowest BCUT2D eigenvalue weighted by Gasteiger charge is -2.11. The first kappa shape index (κ1) is 13.2. The van der Waals surface area contributed by atoms with E-state index in [4.69, 9.17) is 21.1 Å². The first-order valence-corrected chi connectivity index (χ1v) is 6.27. The standard InChI is InChI=1S/C12H15ClN2O3/c1-7(2)11-14-5-9(13)10(15-11)12(16)18-8-3-4-17-6-8/h5,7-8H,3-4,6H2,1-2H3. The molecule has 1 aliphatic rings. The molecule has 1 aromatic heterocycles. The Hall–Kier alpha value is -1.20. The highest BCUT2D eigenvalue weighted by Gasteiger charge is 2.23. The Labute approximate surface area is 110 Å². The van der Waals surface area contributed by atoms with Gasteiger partial charge in [0.15, 0.2) is 5.69 Å². The highest BCUT2D eigenvalue weighted by molar-refractivity contribution is 6.33. The third kappa shape index (κ3) is 2.97. The number of rotatable bonds is 3. The van der Waals surface area contributed by atoms with Crippen molar-refractivity contribution in [2.45, 2.75) is 32.3 Å². The van der Waals surface area contributed by atoms with Gasteiger partial charge in [0.25, 0.3) is 0 Å².